The van der Waals surface area contributed by atoms with Gasteiger partial charge in [0.05, 0.1) is 17.7 Å². The number of ether oxygens (including phenoxy) is 1. The molecule has 0 bridgehead atoms. The molecule has 1 unspecified atom stereocenters. The fourth-order valence-corrected chi connectivity index (χ4v) is 1.96. The van der Waals surface area contributed by atoms with Crippen molar-refractivity contribution >= 4 is 35.1 Å². The quantitative estimate of drug-likeness (QED) is 0.787. The minimum atomic E-state index is -0.949. The van der Waals surface area contributed by atoms with Crippen molar-refractivity contribution in [3.8, 4) is 0 Å². The fourth-order valence-electron chi connectivity index (χ4n) is 1.77. The van der Waals surface area contributed by atoms with Gasteiger partial charge in [-0.2, -0.15) is 0 Å². The van der Waals surface area contributed by atoms with Crippen molar-refractivity contribution in [1.82, 2.24) is 0 Å². The zero-order chi connectivity index (χ0) is 16.0. The van der Waals surface area contributed by atoms with Gasteiger partial charge in [-0.05, 0) is 24.1 Å². The fraction of sp³-hybridized carbons (Fsp3) is 0.357. The molecular weight excluding hydrogens is 298 g/mol. The molecule has 0 heterocycles. The lowest BCUT2D eigenvalue weighted by molar-refractivity contribution is -0.138. The summed E-state index contributed by atoms with van der Waals surface area (Å²) in [4.78, 5) is 33.8. The number of aliphatic carboxylic acids is 1. The number of benzene rings is 1. The van der Waals surface area contributed by atoms with Crippen LogP contribution < -0.4 is 5.32 Å². The summed E-state index contributed by atoms with van der Waals surface area (Å²) >= 11 is 5.87. The summed E-state index contributed by atoms with van der Waals surface area (Å²) in [6, 6.07) is 4.44. The van der Waals surface area contributed by atoms with E-state index < -0.39 is 11.9 Å². The standard InChI is InChI=1S/C14H16ClNO5/c1-8(6-13(18)19)5-12(17)16-9-3-4-11(15)10(7-9)14(20)21-2/h3-4,7-8H,5-6H2,1-2H3,(H,16,17)(H,18,19). The summed E-state index contributed by atoms with van der Waals surface area (Å²) in [6.07, 6.45) is -0.00999. The van der Waals surface area contributed by atoms with E-state index in [1.165, 1.54) is 19.2 Å². The number of carbonyl (C=O) groups is 3. The molecule has 1 amide bonds. The first-order valence-corrected chi connectivity index (χ1v) is 6.60. The second-order valence-corrected chi connectivity index (χ2v) is 5.05. The number of nitrogens with one attached hydrogen (secondary N) is 1. The number of carboxylic acids is 1. The molecule has 0 aromatic heterocycles. The van der Waals surface area contributed by atoms with Crippen LogP contribution in [-0.2, 0) is 14.3 Å². The number of hydrogen-bond donors (Lipinski definition) is 2. The molecule has 1 atom stereocenters. The van der Waals surface area contributed by atoms with Gasteiger partial charge in [0.15, 0.2) is 0 Å². The number of esters is 1. The van der Waals surface area contributed by atoms with E-state index in [0.29, 0.717) is 5.69 Å². The Hall–Kier alpha value is -2.08. The molecule has 0 saturated carbocycles. The molecular formula is C14H16ClNO5. The van der Waals surface area contributed by atoms with Gasteiger partial charge in [-0.15, -0.1) is 0 Å². The largest absolute Gasteiger partial charge is 0.481 e. The van der Waals surface area contributed by atoms with Gasteiger partial charge < -0.3 is 15.2 Å². The average Bonchev–Trinajstić information content (AvgIpc) is 2.38. The van der Waals surface area contributed by atoms with Gasteiger partial charge in [0, 0.05) is 18.5 Å². The zero-order valence-electron chi connectivity index (χ0n) is 11.7. The molecule has 0 aliphatic rings. The van der Waals surface area contributed by atoms with Crippen LogP contribution in [0.2, 0.25) is 5.02 Å². The summed E-state index contributed by atoms with van der Waals surface area (Å²) < 4.78 is 4.58. The Morgan fingerprint density at radius 3 is 2.57 bits per heavy atom. The highest BCUT2D eigenvalue weighted by Crippen LogP contribution is 2.22. The molecule has 0 aliphatic carbocycles. The maximum absolute atomic E-state index is 11.8. The number of hydrogen-bond acceptors (Lipinski definition) is 4. The predicted octanol–water partition coefficient (Wildman–Crippen LogP) is 2.57. The topological polar surface area (TPSA) is 92.7 Å². The lowest BCUT2D eigenvalue weighted by atomic mass is 10.0. The normalized spacial score (nSPS) is 11.6. The van der Waals surface area contributed by atoms with Crippen LogP contribution in [0.3, 0.4) is 0 Å². The molecule has 0 aliphatic heterocycles. The van der Waals surface area contributed by atoms with Gasteiger partial charge in [-0.25, -0.2) is 4.79 Å². The summed E-state index contributed by atoms with van der Waals surface area (Å²) in [5.41, 5.74) is 0.544. The summed E-state index contributed by atoms with van der Waals surface area (Å²) in [6.45, 7) is 1.68. The number of carbonyl (C=O) groups excluding carboxylic acids is 2. The molecule has 114 valence electrons. The van der Waals surface area contributed by atoms with Crippen LogP contribution in [0.15, 0.2) is 18.2 Å². The number of amides is 1. The maximum atomic E-state index is 11.8. The molecule has 0 spiro atoms. The van der Waals surface area contributed by atoms with Crippen molar-refractivity contribution in [2.24, 2.45) is 5.92 Å². The molecule has 0 radical (unpaired) electrons. The average molecular weight is 314 g/mol. The smallest absolute Gasteiger partial charge is 0.339 e. The molecule has 6 nitrogen and oxygen atoms in total. The van der Waals surface area contributed by atoms with Crippen LogP contribution in [0.1, 0.15) is 30.1 Å². The van der Waals surface area contributed by atoms with Crippen molar-refractivity contribution in [2.45, 2.75) is 19.8 Å². The van der Waals surface area contributed by atoms with Crippen molar-refractivity contribution in [2.75, 3.05) is 12.4 Å². The zero-order valence-corrected chi connectivity index (χ0v) is 12.4. The summed E-state index contributed by atoms with van der Waals surface area (Å²) in [7, 11) is 1.23. The second-order valence-electron chi connectivity index (χ2n) is 4.64. The van der Waals surface area contributed by atoms with E-state index in [2.05, 4.69) is 10.1 Å². The van der Waals surface area contributed by atoms with E-state index in [1.807, 2.05) is 0 Å². The highest BCUT2D eigenvalue weighted by Gasteiger charge is 2.15. The summed E-state index contributed by atoms with van der Waals surface area (Å²) in [5, 5.41) is 11.5. The number of halogens is 1. The van der Waals surface area contributed by atoms with Gasteiger partial charge in [-0.1, -0.05) is 18.5 Å². The molecule has 0 fully saturated rings. The van der Waals surface area contributed by atoms with Crippen LogP contribution in [0.5, 0.6) is 0 Å². The van der Waals surface area contributed by atoms with E-state index in [-0.39, 0.29) is 35.3 Å². The van der Waals surface area contributed by atoms with Gasteiger partial charge in [0.25, 0.3) is 0 Å². The monoisotopic (exact) mass is 313 g/mol. The molecule has 2 N–H and O–H groups in total. The summed E-state index contributed by atoms with van der Waals surface area (Å²) in [5.74, 6) is -2.16. The Morgan fingerprint density at radius 2 is 2.00 bits per heavy atom. The van der Waals surface area contributed by atoms with Crippen LogP contribution in [0, 0.1) is 5.92 Å². The number of carboxylic acid groups (broad SMARTS) is 1. The SMILES string of the molecule is COC(=O)c1cc(NC(=O)CC(C)CC(=O)O)ccc1Cl. The third-order valence-electron chi connectivity index (χ3n) is 2.71. The van der Waals surface area contributed by atoms with E-state index in [4.69, 9.17) is 16.7 Å². The van der Waals surface area contributed by atoms with Crippen LogP contribution in [0.25, 0.3) is 0 Å². The predicted molar refractivity (Wildman–Crippen MR) is 77.5 cm³/mol. The van der Waals surface area contributed by atoms with Crippen molar-refractivity contribution in [3.63, 3.8) is 0 Å². The minimum Gasteiger partial charge on any atom is -0.481 e. The first kappa shape index (κ1) is 17.0. The highest BCUT2D eigenvalue weighted by molar-refractivity contribution is 6.33. The Morgan fingerprint density at radius 1 is 1.33 bits per heavy atom. The molecule has 1 aromatic carbocycles. The second kappa shape index (κ2) is 7.64. The van der Waals surface area contributed by atoms with Crippen molar-refractivity contribution in [3.05, 3.63) is 28.8 Å². The Balaban J connectivity index is 2.72. The van der Waals surface area contributed by atoms with Crippen LogP contribution in [-0.4, -0.2) is 30.1 Å². The highest BCUT2D eigenvalue weighted by atomic mass is 35.5. The molecule has 7 heteroatoms. The minimum absolute atomic E-state index is 0.0719. The maximum Gasteiger partial charge on any atom is 0.339 e. The van der Waals surface area contributed by atoms with Crippen LogP contribution in [0.4, 0.5) is 5.69 Å². The molecule has 21 heavy (non-hydrogen) atoms. The lowest BCUT2D eigenvalue weighted by Gasteiger charge is -2.10. The Bertz CT molecular complexity index is 558. The molecule has 1 rings (SSSR count). The van der Waals surface area contributed by atoms with Crippen LogP contribution >= 0.6 is 11.6 Å². The van der Waals surface area contributed by atoms with Crippen molar-refractivity contribution in [1.29, 1.82) is 0 Å². The van der Waals surface area contributed by atoms with E-state index >= 15 is 0 Å². The van der Waals surface area contributed by atoms with E-state index in [0.717, 1.165) is 0 Å². The van der Waals surface area contributed by atoms with Gasteiger partial charge >= 0.3 is 11.9 Å². The number of anilines is 1. The van der Waals surface area contributed by atoms with Gasteiger partial charge in [0.1, 0.15) is 0 Å². The number of rotatable bonds is 6. The van der Waals surface area contributed by atoms with E-state index in [1.54, 1.807) is 13.0 Å². The Labute approximate surface area is 127 Å². The Kier molecular flexibility index (Phi) is 6.17. The molecule has 1 aromatic rings. The number of methoxy groups -OCH3 is 1. The molecule has 0 saturated heterocycles. The lowest BCUT2D eigenvalue weighted by Crippen LogP contribution is -2.17. The van der Waals surface area contributed by atoms with Gasteiger partial charge in [0.2, 0.25) is 5.91 Å². The third-order valence-corrected chi connectivity index (χ3v) is 3.04. The third kappa shape index (κ3) is 5.43. The first-order valence-electron chi connectivity index (χ1n) is 6.23. The van der Waals surface area contributed by atoms with E-state index in [9.17, 15) is 14.4 Å². The first-order chi connectivity index (χ1) is 9.83. The van der Waals surface area contributed by atoms with Crippen molar-refractivity contribution < 1.29 is 24.2 Å². The van der Waals surface area contributed by atoms with Gasteiger partial charge in [-0.3, -0.25) is 9.59 Å².